The Morgan fingerprint density at radius 1 is 1.00 bits per heavy atom. The molecule has 0 spiro atoms. The summed E-state index contributed by atoms with van der Waals surface area (Å²) in [6.07, 6.45) is -0.0396. The summed E-state index contributed by atoms with van der Waals surface area (Å²) < 4.78 is 5.32. The largest absolute Gasteiger partial charge is 0.444 e. The zero-order valence-corrected chi connectivity index (χ0v) is 21.9. The SMILES string of the molecule is CCC(C)N(C(=O)C(C)NC(=O)OC(C)(C)C)C(C(=O)NCc1ccccc1)c1cccc(C)c1. The van der Waals surface area contributed by atoms with Crippen molar-refractivity contribution in [3.63, 3.8) is 0 Å². The second-order valence-electron chi connectivity index (χ2n) is 9.89. The topological polar surface area (TPSA) is 87.7 Å². The first-order valence-corrected chi connectivity index (χ1v) is 12.1. The fourth-order valence-electron chi connectivity index (χ4n) is 3.73. The highest BCUT2D eigenvalue weighted by molar-refractivity contribution is 5.92. The molecule has 0 saturated carbocycles. The molecule has 0 bridgehead atoms. The molecule has 0 aromatic heterocycles. The normalized spacial score (nSPS) is 13.8. The Balaban J connectivity index is 2.38. The van der Waals surface area contributed by atoms with Gasteiger partial charge in [0.2, 0.25) is 11.8 Å². The predicted molar refractivity (Wildman–Crippen MR) is 138 cm³/mol. The lowest BCUT2D eigenvalue weighted by molar-refractivity contribution is -0.144. The quantitative estimate of drug-likeness (QED) is 0.534. The van der Waals surface area contributed by atoms with E-state index in [1.54, 1.807) is 32.6 Å². The third kappa shape index (κ3) is 8.42. The number of rotatable bonds is 9. The lowest BCUT2D eigenvalue weighted by atomic mass is 9.98. The van der Waals surface area contributed by atoms with E-state index in [0.717, 1.165) is 11.1 Å². The number of carbonyl (C=O) groups is 3. The molecule has 35 heavy (non-hydrogen) atoms. The van der Waals surface area contributed by atoms with Gasteiger partial charge in [0.05, 0.1) is 0 Å². The molecule has 0 radical (unpaired) electrons. The van der Waals surface area contributed by atoms with Crippen LogP contribution in [0.5, 0.6) is 0 Å². The maximum absolute atomic E-state index is 13.7. The lowest BCUT2D eigenvalue weighted by Gasteiger charge is -2.37. The maximum Gasteiger partial charge on any atom is 0.408 e. The van der Waals surface area contributed by atoms with Crippen molar-refractivity contribution in [2.45, 2.75) is 85.2 Å². The minimum Gasteiger partial charge on any atom is -0.444 e. The van der Waals surface area contributed by atoms with E-state index in [-0.39, 0.29) is 17.9 Å². The van der Waals surface area contributed by atoms with Crippen LogP contribution >= 0.6 is 0 Å². The molecule has 0 fully saturated rings. The van der Waals surface area contributed by atoms with Gasteiger partial charge in [0.1, 0.15) is 17.7 Å². The summed E-state index contributed by atoms with van der Waals surface area (Å²) in [6.45, 7) is 13.1. The van der Waals surface area contributed by atoms with Crippen molar-refractivity contribution in [1.82, 2.24) is 15.5 Å². The first-order chi connectivity index (χ1) is 16.4. The van der Waals surface area contributed by atoms with Crippen LogP contribution in [0.25, 0.3) is 0 Å². The molecule has 0 aliphatic heterocycles. The fraction of sp³-hybridized carbons (Fsp3) is 0.464. The molecule has 190 valence electrons. The molecule has 0 saturated heterocycles. The van der Waals surface area contributed by atoms with Gasteiger partial charge in [0, 0.05) is 12.6 Å². The highest BCUT2D eigenvalue weighted by atomic mass is 16.6. The Morgan fingerprint density at radius 2 is 1.66 bits per heavy atom. The third-order valence-corrected chi connectivity index (χ3v) is 5.62. The molecule has 2 aromatic rings. The molecule has 3 atom stereocenters. The standard InChI is InChI=1S/C28H39N3O4/c1-8-20(3)31(26(33)21(4)30-27(34)35-28(5,6)7)24(23-16-12-13-19(2)17-23)25(32)29-18-22-14-10-9-11-15-22/h9-17,20-21,24H,8,18H2,1-7H3,(H,29,32)(H,30,34). The number of carbonyl (C=O) groups excluding carboxylic acids is 3. The van der Waals surface area contributed by atoms with Crippen molar-refractivity contribution >= 4 is 17.9 Å². The Labute approximate surface area is 209 Å². The van der Waals surface area contributed by atoms with Gasteiger partial charge in [-0.25, -0.2) is 4.79 Å². The second-order valence-corrected chi connectivity index (χ2v) is 9.89. The summed E-state index contributed by atoms with van der Waals surface area (Å²) >= 11 is 0. The van der Waals surface area contributed by atoms with Gasteiger partial charge in [-0.15, -0.1) is 0 Å². The smallest absolute Gasteiger partial charge is 0.408 e. The van der Waals surface area contributed by atoms with E-state index < -0.39 is 23.8 Å². The van der Waals surface area contributed by atoms with Gasteiger partial charge in [-0.3, -0.25) is 9.59 Å². The molecule has 2 aromatic carbocycles. The molecule has 0 aliphatic rings. The molecular formula is C28H39N3O4. The molecule has 3 amide bonds. The second kappa shape index (κ2) is 12.4. The Bertz CT molecular complexity index is 1000. The average Bonchev–Trinajstić information content (AvgIpc) is 2.79. The van der Waals surface area contributed by atoms with Crippen LogP contribution in [0.1, 0.15) is 70.7 Å². The van der Waals surface area contributed by atoms with Crippen LogP contribution in [0.2, 0.25) is 0 Å². The van der Waals surface area contributed by atoms with Crippen molar-refractivity contribution < 1.29 is 19.1 Å². The van der Waals surface area contributed by atoms with Crippen molar-refractivity contribution in [1.29, 1.82) is 0 Å². The molecule has 3 unspecified atom stereocenters. The van der Waals surface area contributed by atoms with Gasteiger partial charge < -0.3 is 20.3 Å². The van der Waals surface area contributed by atoms with Gasteiger partial charge in [-0.1, -0.05) is 67.1 Å². The van der Waals surface area contributed by atoms with Crippen LogP contribution in [-0.2, 0) is 20.9 Å². The monoisotopic (exact) mass is 481 g/mol. The van der Waals surface area contributed by atoms with E-state index in [9.17, 15) is 14.4 Å². The van der Waals surface area contributed by atoms with Crippen molar-refractivity contribution in [3.8, 4) is 0 Å². The number of aryl methyl sites for hydroxylation is 1. The number of hydrogen-bond acceptors (Lipinski definition) is 4. The number of benzene rings is 2. The third-order valence-electron chi connectivity index (χ3n) is 5.62. The summed E-state index contributed by atoms with van der Waals surface area (Å²) in [5.41, 5.74) is 1.98. The first kappa shape index (κ1) is 27.9. The van der Waals surface area contributed by atoms with Gasteiger partial charge >= 0.3 is 6.09 Å². The summed E-state index contributed by atoms with van der Waals surface area (Å²) in [7, 11) is 0. The molecule has 0 heterocycles. The van der Waals surface area contributed by atoms with E-state index in [0.29, 0.717) is 18.5 Å². The Kier molecular flexibility index (Phi) is 9.87. The maximum atomic E-state index is 13.7. The summed E-state index contributed by atoms with van der Waals surface area (Å²) in [4.78, 5) is 41.2. The highest BCUT2D eigenvalue weighted by Crippen LogP contribution is 2.27. The van der Waals surface area contributed by atoms with Crippen LogP contribution in [0.4, 0.5) is 4.79 Å². The summed E-state index contributed by atoms with van der Waals surface area (Å²) in [6, 6.07) is 15.2. The number of ether oxygens (including phenoxy) is 1. The van der Waals surface area contributed by atoms with Crippen LogP contribution < -0.4 is 10.6 Å². The van der Waals surface area contributed by atoms with E-state index in [2.05, 4.69) is 10.6 Å². The average molecular weight is 482 g/mol. The number of nitrogens with one attached hydrogen (secondary N) is 2. The van der Waals surface area contributed by atoms with Gasteiger partial charge in [0.15, 0.2) is 0 Å². The lowest BCUT2D eigenvalue weighted by Crippen LogP contribution is -2.54. The molecule has 7 nitrogen and oxygen atoms in total. The highest BCUT2D eigenvalue weighted by Gasteiger charge is 2.37. The minimum atomic E-state index is -0.881. The van der Waals surface area contributed by atoms with E-state index in [1.807, 2.05) is 75.4 Å². The zero-order chi connectivity index (χ0) is 26.2. The Hall–Kier alpha value is -3.35. The van der Waals surface area contributed by atoms with E-state index in [1.165, 1.54) is 0 Å². The number of amides is 3. The Morgan fingerprint density at radius 3 is 2.23 bits per heavy atom. The van der Waals surface area contributed by atoms with Crippen molar-refractivity contribution in [3.05, 3.63) is 71.3 Å². The van der Waals surface area contributed by atoms with E-state index >= 15 is 0 Å². The van der Waals surface area contributed by atoms with Crippen LogP contribution in [0, 0.1) is 6.92 Å². The first-order valence-electron chi connectivity index (χ1n) is 12.1. The molecular weight excluding hydrogens is 442 g/mol. The summed E-state index contributed by atoms with van der Waals surface area (Å²) in [5, 5.41) is 5.62. The molecule has 2 rings (SSSR count). The van der Waals surface area contributed by atoms with Crippen molar-refractivity contribution in [2.24, 2.45) is 0 Å². The van der Waals surface area contributed by atoms with Gasteiger partial charge in [-0.05, 0) is 59.1 Å². The fourth-order valence-corrected chi connectivity index (χ4v) is 3.73. The summed E-state index contributed by atoms with van der Waals surface area (Å²) in [5.74, 6) is -0.635. The van der Waals surface area contributed by atoms with Crippen molar-refractivity contribution in [2.75, 3.05) is 0 Å². The number of hydrogen-bond donors (Lipinski definition) is 2. The van der Waals surface area contributed by atoms with Gasteiger partial charge in [0.25, 0.3) is 0 Å². The van der Waals surface area contributed by atoms with Gasteiger partial charge in [-0.2, -0.15) is 0 Å². The van der Waals surface area contributed by atoms with Crippen LogP contribution in [0.15, 0.2) is 54.6 Å². The van der Waals surface area contributed by atoms with Crippen LogP contribution in [-0.4, -0.2) is 40.5 Å². The minimum absolute atomic E-state index is 0.252. The van der Waals surface area contributed by atoms with E-state index in [4.69, 9.17) is 4.74 Å². The molecule has 0 aliphatic carbocycles. The predicted octanol–water partition coefficient (Wildman–Crippen LogP) is 4.89. The van der Waals surface area contributed by atoms with Crippen LogP contribution in [0.3, 0.4) is 0 Å². The number of alkyl carbamates (subject to hydrolysis) is 1. The number of nitrogens with zero attached hydrogens (tertiary/aromatic N) is 1. The molecule has 7 heteroatoms. The molecule has 2 N–H and O–H groups in total. The zero-order valence-electron chi connectivity index (χ0n) is 21.9.